The summed E-state index contributed by atoms with van der Waals surface area (Å²) in [6, 6.07) is 12.6. The molecule has 2 aromatic rings. The standard InChI is InChI=1S/C15H18N2O2S/c1-11-4-3-5-13(8-11)10-17-20(18,19)15-9-14(16)7-6-12(15)2/h3-9,17H,10,16H2,1-2H3. The van der Waals surface area contributed by atoms with Gasteiger partial charge in [0.25, 0.3) is 0 Å². The lowest BCUT2D eigenvalue weighted by Crippen LogP contribution is -2.24. The van der Waals surface area contributed by atoms with Crippen molar-refractivity contribution in [2.45, 2.75) is 25.3 Å². The van der Waals surface area contributed by atoms with E-state index in [-0.39, 0.29) is 11.4 Å². The number of sulfonamides is 1. The van der Waals surface area contributed by atoms with E-state index in [9.17, 15) is 8.42 Å². The smallest absolute Gasteiger partial charge is 0.241 e. The Hall–Kier alpha value is -1.85. The lowest BCUT2D eigenvalue weighted by molar-refractivity contribution is 0.580. The molecule has 0 aliphatic rings. The molecule has 5 heteroatoms. The molecule has 0 saturated heterocycles. The molecule has 3 N–H and O–H groups in total. The van der Waals surface area contributed by atoms with Crippen molar-refractivity contribution in [1.82, 2.24) is 4.72 Å². The molecule has 0 aromatic heterocycles. The largest absolute Gasteiger partial charge is 0.399 e. The van der Waals surface area contributed by atoms with Crippen molar-refractivity contribution in [3.8, 4) is 0 Å². The van der Waals surface area contributed by atoms with Gasteiger partial charge < -0.3 is 5.73 Å². The van der Waals surface area contributed by atoms with Crippen molar-refractivity contribution in [3.63, 3.8) is 0 Å². The first-order chi connectivity index (χ1) is 9.38. The zero-order valence-electron chi connectivity index (χ0n) is 11.6. The van der Waals surface area contributed by atoms with Crippen LogP contribution in [-0.4, -0.2) is 8.42 Å². The summed E-state index contributed by atoms with van der Waals surface area (Å²) >= 11 is 0. The number of nitrogen functional groups attached to an aromatic ring is 1. The first-order valence-corrected chi connectivity index (χ1v) is 7.78. The quantitative estimate of drug-likeness (QED) is 0.849. The van der Waals surface area contributed by atoms with Crippen LogP contribution in [0, 0.1) is 13.8 Å². The fourth-order valence-electron chi connectivity index (χ4n) is 1.98. The van der Waals surface area contributed by atoms with Crippen LogP contribution in [0.1, 0.15) is 16.7 Å². The molecule has 4 nitrogen and oxygen atoms in total. The lowest BCUT2D eigenvalue weighted by atomic mass is 10.1. The third kappa shape index (κ3) is 3.37. The van der Waals surface area contributed by atoms with E-state index in [1.54, 1.807) is 19.1 Å². The second-order valence-corrected chi connectivity index (χ2v) is 6.57. The van der Waals surface area contributed by atoms with Crippen molar-refractivity contribution < 1.29 is 8.42 Å². The Bertz CT molecular complexity index is 724. The van der Waals surface area contributed by atoms with Crippen molar-refractivity contribution in [1.29, 1.82) is 0 Å². The minimum atomic E-state index is -3.55. The molecule has 0 aliphatic carbocycles. The SMILES string of the molecule is Cc1cccc(CNS(=O)(=O)c2cc(N)ccc2C)c1. The molecule has 2 aromatic carbocycles. The predicted molar refractivity (Wildman–Crippen MR) is 80.8 cm³/mol. The summed E-state index contributed by atoms with van der Waals surface area (Å²) in [6.45, 7) is 3.99. The summed E-state index contributed by atoms with van der Waals surface area (Å²) in [6.07, 6.45) is 0. The van der Waals surface area contributed by atoms with Crippen molar-refractivity contribution in [3.05, 3.63) is 59.2 Å². The number of rotatable bonds is 4. The normalized spacial score (nSPS) is 11.5. The number of benzene rings is 2. The van der Waals surface area contributed by atoms with Gasteiger partial charge in [0.1, 0.15) is 0 Å². The van der Waals surface area contributed by atoms with Crippen molar-refractivity contribution in [2.75, 3.05) is 5.73 Å². The van der Waals surface area contributed by atoms with Crippen LogP contribution in [0.15, 0.2) is 47.4 Å². The fourth-order valence-corrected chi connectivity index (χ4v) is 3.28. The molecule has 0 amide bonds. The Morgan fingerprint density at radius 3 is 2.55 bits per heavy atom. The minimum absolute atomic E-state index is 0.227. The monoisotopic (exact) mass is 290 g/mol. The van der Waals surface area contributed by atoms with Gasteiger partial charge >= 0.3 is 0 Å². The zero-order chi connectivity index (χ0) is 14.8. The topological polar surface area (TPSA) is 72.2 Å². The van der Waals surface area contributed by atoms with Gasteiger partial charge in [-0.25, -0.2) is 13.1 Å². The van der Waals surface area contributed by atoms with Crippen LogP contribution < -0.4 is 10.5 Å². The van der Waals surface area contributed by atoms with E-state index in [0.29, 0.717) is 11.3 Å². The predicted octanol–water partition coefficient (Wildman–Crippen LogP) is 2.36. The summed E-state index contributed by atoms with van der Waals surface area (Å²) in [7, 11) is -3.55. The Labute approximate surface area is 119 Å². The number of hydrogen-bond acceptors (Lipinski definition) is 3. The molecule has 20 heavy (non-hydrogen) atoms. The van der Waals surface area contributed by atoms with E-state index in [1.807, 2.05) is 31.2 Å². The summed E-state index contributed by atoms with van der Waals surface area (Å²) in [5.41, 5.74) is 8.80. The highest BCUT2D eigenvalue weighted by Gasteiger charge is 2.16. The van der Waals surface area contributed by atoms with E-state index in [0.717, 1.165) is 11.1 Å². The lowest BCUT2D eigenvalue weighted by Gasteiger charge is -2.10. The minimum Gasteiger partial charge on any atom is -0.399 e. The van der Waals surface area contributed by atoms with Gasteiger partial charge in [0.15, 0.2) is 0 Å². The molecular formula is C15H18N2O2S. The molecular weight excluding hydrogens is 272 g/mol. The number of aryl methyl sites for hydroxylation is 2. The molecule has 2 rings (SSSR count). The fraction of sp³-hybridized carbons (Fsp3) is 0.200. The first-order valence-electron chi connectivity index (χ1n) is 6.30. The third-order valence-corrected chi connectivity index (χ3v) is 4.59. The molecule has 0 fully saturated rings. The van der Waals surface area contributed by atoms with Crippen LogP contribution in [0.5, 0.6) is 0 Å². The van der Waals surface area contributed by atoms with Gasteiger partial charge in [0.05, 0.1) is 4.90 Å². The van der Waals surface area contributed by atoms with Crippen LogP contribution in [0.2, 0.25) is 0 Å². The van der Waals surface area contributed by atoms with Crippen LogP contribution in [0.4, 0.5) is 5.69 Å². The van der Waals surface area contributed by atoms with Crippen molar-refractivity contribution in [2.24, 2.45) is 0 Å². The Balaban J connectivity index is 2.21. The third-order valence-electron chi connectivity index (χ3n) is 3.05. The molecule has 0 radical (unpaired) electrons. The van der Waals surface area contributed by atoms with E-state index in [4.69, 9.17) is 5.73 Å². The molecule has 0 aliphatic heterocycles. The number of nitrogens with two attached hydrogens (primary N) is 1. The van der Waals surface area contributed by atoms with Crippen LogP contribution in [0.25, 0.3) is 0 Å². The average Bonchev–Trinajstić information content (AvgIpc) is 2.39. The highest BCUT2D eigenvalue weighted by Crippen LogP contribution is 2.18. The maximum atomic E-state index is 12.3. The van der Waals surface area contributed by atoms with Crippen LogP contribution in [-0.2, 0) is 16.6 Å². The molecule has 0 atom stereocenters. The highest BCUT2D eigenvalue weighted by atomic mass is 32.2. The molecule has 0 heterocycles. The summed E-state index contributed by atoms with van der Waals surface area (Å²) in [4.78, 5) is 0.227. The van der Waals surface area contributed by atoms with Crippen LogP contribution >= 0.6 is 0 Å². The van der Waals surface area contributed by atoms with E-state index < -0.39 is 10.0 Å². The van der Waals surface area contributed by atoms with E-state index >= 15 is 0 Å². The van der Waals surface area contributed by atoms with E-state index in [1.165, 1.54) is 6.07 Å². The summed E-state index contributed by atoms with van der Waals surface area (Å²) in [5, 5.41) is 0. The summed E-state index contributed by atoms with van der Waals surface area (Å²) in [5.74, 6) is 0. The van der Waals surface area contributed by atoms with Gasteiger partial charge in [-0.05, 0) is 37.1 Å². The van der Waals surface area contributed by atoms with Gasteiger partial charge in [-0.15, -0.1) is 0 Å². The number of hydrogen-bond donors (Lipinski definition) is 2. The molecule has 106 valence electrons. The second kappa shape index (κ2) is 5.64. The average molecular weight is 290 g/mol. The Morgan fingerprint density at radius 2 is 1.85 bits per heavy atom. The van der Waals surface area contributed by atoms with Gasteiger partial charge in [-0.1, -0.05) is 35.9 Å². The molecule has 0 bridgehead atoms. The Kier molecular flexibility index (Phi) is 4.11. The highest BCUT2D eigenvalue weighted by molar-refractivity contribution is 7.89. The maximum absolute atomic E-state index is 12.3. The zero-order valence-corrected chi connectivity index (χ0v) is 12.4. The molecule has 0 saturated carbocycles. The van der Waals surface area contributed by atoms with Crippen LogP contribution in [0.3, 0.4) is 0 Å². The summed E-state index contributed by atoms with van der Waals surface area (Å²) < 4.78 is 27.2. The Morgan fingerprint density at radius 1 is 1.10 bits per heavy atom. The van der Waals surface area contributed by atoms with Gasteiger partial charge in [0.2, 0.25) is 10.0 Å². The molecule has 0 spiro atoms. The number of nitrogens with one attached hydrogen (secondary N) is 1. The molecule has 0 unspecified atom stereocenters. The number of anilines is 1. The maximum Gasteiger partial charge on any atom is 0.241 e. The van der Waals surface area contributed by atoms with E-state index in [2.05, 4.69) is 4.72 Å². The first kappa shape index (κ1) is 14.6. The van der Waals surface area contributed by atoms with Gasteiger partial charge in [0, 0.05) is 12.2 Å². The van der Waals surface area contributed by atoms with Gasteiger partial charge in [-0.2, -0.15) is 0 Å². The van der Waals surface area contributed by atoms with Crippen molar-refractivity contribution >= 4 is 15.7 Å². The second-order valence-electron chi connectivity index (χ2n) is 4.84. The van der Waals surface area contributed by atoms with Gasteiger partial charge in [-0.3, -0.25) is 0 Å².